The lowest BCUT2D eigenvalue weighted by molar-refractivity contribution is -0.124. The Hall–Kier alpha value is -0.400. The lowest BCUT2D eigenvalue weighted by Crippen LogP contribution is -2.33. The van der Waals surface area contributed by atoms with Gasteiger partial charge in [-0.25, -0.2) is 4.98 Å². The summed E-state index contributed by atoms with van der Waals surface area (Å²) in [5.74, 6) is 0.00435. The van der Waals surface area contributed by atoms with Crippen molar-refractivity contribution in [2.75, 3.05) is 20.7 Å². The van der Waals surface area contributed by atoms with Crippen LogP contribution in [0.1, 0.15) is 30.7 Å². The van der Waals surface area contributed by atoms with Crippen molar-refractivity contribution in [2.45, 2.75) is 26.5 Å². The van der Waals surface area contributed by atoms with Gasteiger partial charge in [0.05, 0.1) is 12.2 Å². The molecular formula is C12H23Cl2N3O2S. The lowest BCUT2D eigenvalue weighted by Gasteiger charge is -2.10. The first kappa shape index (κ1) is 21.9. The quantitative estimate of drug-likeness (QED) is 0.796. The topological polar surface area (TPSA) is 63.2 Å². The van der Waals surface area contributed by atoms with E-state index in [-0.39, 0.29) is 42.7 Å². The molecule has 0 saturated carbocycles. The minimum atomic E-state index is -0.0361. The van der Waals surface area contributed by atoms with Crippen molar-refractivity contribution in [3.63, 3.8) is 0 Å². The number of nitrogens with one attached hydrogen (secondary N) is 2. The molecule has 0 fully saturated rings. The van der Waals surface area contributed by atoms with E-state index in [9.17, 15) is 4.79 Å². The molecule has 2 atom stereocenters. The number of aromatic nitrogens is 1. The van der Waals surface area contributed by atoms with Gasteiger partial charge in [0.15, 0.2) is 0 Å². The van der Waals surface area contributed by atoms with E-state index in [1.54, 1.807) is 18.4 Å². The number of hydrogen-bond acceptors (Lipinski definition) is 5. The Bertz CT molecular complexity index is 391. The van der Waals surface area contributed by atoms with Gasteiger partial charge in [-0.3, -0.25) is 4.79 Å². The maximum Gasteiger partial charge on any atom is 0.224 e. The third-order valence-electron chi connectivity index (χ3n) is 2.67. The van der Waals surface area contributed by atoms with Crippen molar-refractivity contribution in [1.82, 2.24) is 15.6 Å². The molecule has 118 valence electrons. The van der Waals surface area contributed by atoms with Gasteiger partial charge < -0.3 is 15.4 Å². The molecule has 0 saturated heterocycles. The van der Waals surface area contributed by atoms with Crippen molar-refractivity contribution >= 4 is 42.1 Å². The zero-order valence-corrected chi connectivity index (χ0v) is 14.6. The molecule has 8 heteroatoms. The molecule has 0 spiro atoms. The smallest absolute Gasteiger partial charge is 0.224 e. The molecule has 1 aromatic rings. The first-order valence-corrected chi connectivity index (χ1v) is 6.85. The summed E-state index contributed by atoms with van der Waals surface area (Å²) >= 11 is 1.55. The fraction of sp³-hybridized carbons (Fsp3) is 0.667. The van der Waals surface area contributed by atoms with Crippen LogP contribution in [0.2, 0.25) is 0 Å². The minimum Gasteiger partial charge on any atom is -0.375 e. The third-order valence-corrected chi connectivity index (χ3v) is 3.73. The Morgan fingerprint density at radius 3 is 2.65 bits per heavy atom. The highest BCUT2D eigenvalue weighted by Crippen LogP contribution is 2.20. The molecule has 0 aliphatic carbocycles. The van der Waals surface area contributed by atoms with Crippen LogP contribution in [-0.4, -0.2) is 31.6 Å². The summed E-state index contributed by atoms with van der Waals surface area (Å²) in [7, 11) is 3.50. The Labute approximate surface area is 136 Å². The average molecular weight is 344 g/mol. The minimum absolute atomic E-state index is 0. The highest BCUT2D eigenvalue weighted by atomic mass is 35.5. The maximum atomic E-state index is 11.7. The Morgan fingerprint density at radius 2 is 2.10 bits per heavy atom. The molecule has 1 heterocycles. The summed E-state index contributed by atoms with van der Waals surface area (Å²) in [4.78, 5) is 16.1. The normalized spacial score (nSPS) is 12.8. The second-order valence-electron chi connectivity index (χ2n) is 4.23. The predicted molar refractivity (Wildman–Crippen MR) is 87.0 cm³/mol. The van der Waals surface area contributed by atoms with Gasteiger partial charge >= 0.3 is 0 Å². The number of nitrogens with zero attached hydrogens (tertiary/aromatic N) is 1. The molecule has 1 rings (SSSR count). The Kier molecular flexibility index (Phi) is 12.3. The second-order valence-corrected chi connectivity index (χ2v) is 5.12. The fourth-order valence-corrected chi connectivity index (χ4v) is 2.29. The maximum absolute atomic E-state index is 11.7. The number of hydrogen-bond donors (Lipinski definition) is 2. The summed E-state index contributed by atoms with van der Waals surface area (Å²) < 4.78 is 5.20. The van der Waals surface area contributed by atoms with Crippen molar-refractivity contribution < 1.29 is 9.53 Å². The molecule has 1 amide bonds. The van der Waals surface area contributed by atoms with Gasteiger partial charge in [0, 0.05) is 25.0 Å². The molecule has 0 aliphatic heterocycles. The fourth-order valence-electron chi connectivity index (χ4n) is 1.44. The molecule has 0 aromatic carbocycles. The van der Waals surface area contributed by atoms with Crippen LogP contribution in [0.15, 0.2) is 5.38 Å². The first-order valence-electron chi connectivity index (χ1n) is 5.97. The number of rotatable bonds is 7. The second kappa shape index (κ2) is 11.3. The van der Waals surface area contributed by atoms with Crippen LogP contribution in [-0.2, 0) is 16.1 Å². The van der Waals surface area contributed by atoms with Gasteiger partial charge in [-0.15, -0.1) is 36.2 Å². The van der Waals surface area contributed by atoms with E-state index in [0.717, 1.165) is 10.7 Å². The van der Waals surface area contributed by atoms with Crippen LogP contribution in [0, 0.1) is 5.92 Å². The summed E-state index contributed by atoms with van der Waals surface area (Å²) in [6, 6.07) is 0. The predicted octanol–water partition coefficient (Wildman–Crippen LogP) is 2.17. The highest BCUT2D eigenvalue weighted by molar-refractivity contribution is 7.09. The van der Waals surface area contributed by atoms with Crippen LogP contribution < -0.4 is 10.6 Å². The van der Waals surface area contributed by atoms with E-state index in [0.29, 0.717) is 13.1 Å². The molecule has 0 radical (unpaired) electrons. The van der Waals surface area contributed by atoms with Crippen LogP contribution in [0.3, 0.4) is 0 Å². The summed E-state index contributed by atoms with van der Waals surface area (Å²) in [5.41, 5.74) is 0.879. The number of thiazole rings is 1. The number of carbonyl (C=O) groups excluding carboxylic acids is 1. The molecule has 2 unspecified atom stereocenters. The Balaban J connectivity index is 0. The standard InChI is InChI=1S/C12H21N3O2S.2ClH/c1-8(5-13-3)11(16)14-6-10-7-18-12(15-10)9(2)17-4;;/h7-9,13H,5-6H2,1-4H3,(H,14,16);2*1H. The molecular weight excluding hydrogens is 321 g/mol. The SMILES string of the molecule is CNCC(C)C(=O)NCc1csc(C(C)OC)n1.Cl.Cl. The van der Waals surface area contributed by atoms with Crippen LogP contribution >= 0.6 is 36.2 Å². The zero-order valence-electron chi connectivity index (χ0n) is 12.1. The van der Waals surface area contributed by atoms with E-state index >= 15 is 0 Å². The van der Waals surface area contributed by atoms with Gasteiger partial charge in [0.2, 0.25) is 5.91 Å². The van der Waals surface area contributed by atoms with Gasteiger partial charge in [-0.05, 0) is 14.0 Å². The first-order chi connectivity index (χ1) is 8.58. The molecule has 0 aliphatic rings. The van der Waals surface area contributed by atoms with E-state index in [1.807, 2.05) is 26.3 Å². The van der Waals surface area contributed by atoms with Crippen molar-refractivity contribution in [1.29, 1.82) is 0 Å². The number of halogens is 2. The van der Waals surface area contributed by atoms with E-state index < -0.39 is 0 Å². The zero-order chi connectivity index (χ0) is 13.5. The summed E-state index contributed by atoms with van der Waals surface area (Å²) in [6.45, 7) is 5.00. The summed E-state index contributed by atoms with van der Waals surface area (Å²) in [6.07, 6.45) is 0.00247. The van der Waals surface area contributed by atoms with Crippen molar-refractivity contribution in [3.8, 4) is 0 Å². The number of ether oxygens (including phenoxy) is 1. The number of methoxy groups -OCH3 is 1. The Morgan fingerprint density at radius 1 is 1.45 bits per heavy atom. The third kappa shape index (κ3) is 6.85. The molecule has 2 N–H and O–H groups in total. The molecule has 20 heavy (non-hydrogen) atoms. The van der Waals surface area contributed by atoms with Crippen LogP contribution in [0.25, 0.3) is 0 Å². The van der Waals surface area contributed by atoms with E-state index in [2.05, 4.69) is 15.6 Å². The molecule has 1 aromatic heterocycles. The van der Waals surface area contributed by atoms with Crippen LogP contribution in [0.5, 0.6) is 0 Å². The highest BCUT2D eigenvalue weighted by Gasteiger charge is 2.13. The van der Waals surface area contributed by atoms with Gasteiger partial charge in [-0.1, -0.05) is 6.92 Å². The monoisotopic (exact) mass is 343 g/mol. The number of amides is 1. The van der Waals surface area contributed by atoms with Crippen molar-refractivity contribution in [3.05, 3.63) is 16.1 Å². The summed E-state index contributed by atoms with van der Waals surface area (Å²) in [5, 5.41) is 8.75. The van der Waals surface area contributed by atoms with E-state index in [1.165, 1.54) is 0 Å². The van der Waals surface area contributed by atoms with Crippen LogP contribution in [0.4, 0.5) is 0 Å². The molecule has 0 bridgehead atoms. The lowest BCUT2D eigenvalue weighted by atomic mass is 10.1. The number of carbonyl (C=O) groups is 1. The average Bonchev–Trinajstić information content (AvgIpc) is 2.84. The molecule has 5 nitrogen and oxygen atoms in total. The largest absolute Gasteiger partial charge is 0.375 e. The van der Waals surface area contributed by atoms with Crippen molar-refractivity contribution in [2.24, 2.45) is 5.92 Å². The van der Waals surface area contributed by atoms with Gasteiger partial charge in [-0.2, -0.15) is 0 Å². The van der Waals surface area contributed by atoms with E-state index in [4.69, 9.17) is 4.74 Å². The van der Waals surface area contributed by atoms with Gasteiger partial charge in [0.25, 0.3) is 0 Å². The van der Waals surface area contributed by atoms with Gasteiger partial charge in [0.1, 0.15) is 11.1 Å².